The number of aliphatic hydroxyl groups is 1. The molecule has 1 aliphatic carbocycles. The van der Waals surface area contributed by atoms with Crippen molar-refractivity contribution in [2.75, 3.05) is 0 Å². The van der Waals surface area contributed by atoms with Gasteiger partial charge in [0, 0.05) is 17.4 Å². The van der Waals surface area contributed by atoms with Crippen molar-refractivity contribution >= 4 is 29.3 Å². The standard InChI is InChI=1S/C23H31ClO6/c1-21(2,3)29-19(26)17-15(25)12-23(7,28)18(20(27)30-22(4,5)6)16(17)13-8-10-14(24)11-9-13/h8-11,16-18,28H,12H2,1-7H3/t16-,17-,18-,23-/m1/s1. The summed E-state index contributed by atoms with van der Waals surface area (Å²) in [5, 5.41) is 11.6. The molecule has 2 rings (SSSR count). The van der Waals surface area contributed by atoms with Gasteiger partial charge in [-0.1, -0.05) is 23.7 Å². The summed E-state index contributed by atoms with van der Waals surface area (Å²) in [5.41, 5.74) is -2.79. The largest absolute Gasteiger partial charge is 0.460 e. The maximum Gasteiger partial charge on any atom is 0.317 e. The van der Waals surface area contributed by atoms with Crippen molar-refractivity contribution in [2.24, 2.45) is 11.8 Å². The van der Waals surface area contributed by atoms with E-state index in [-0.39, 0.29) is 6.42 Å². The summed E-state index contributed by atoms with van der Waals surface area (Å²) >= 11 is 6.01. The zero-order valence-corrected chi connectivity index (χ0v) is 19.4. The van der Waals surface area contributed by atoms with E-state index in [1.807, 2.05) is 0 Å². The molecule has 166 valence electrons. The van der Waals surface area contributed by atoms with E-state index < -0.39 is 52.3 Å². The lowest BCUT2D eigenvalue weighted by molar-refractivity contribution is -0.182. The molecule has 4 atom stereocenters. The Morgan fingerprint density at radius 1 is 1.00 bits per heavy atom. The van der Waals surface area contributed by atoms with Crippen molar-refractivity contribution in [3.63, 3.8) is 0 Å². The summed E-state index contributed by atoms with van der Waals surface area (Å²) in [6, 6.07) is 6.53. The fourth-order valence-electron chi connectivity index (χ4n) is 3.83. The second kappa shape index (κ2) is 8.31. The molecule has 1 aromatic carbocycles. The molecule has 1 N–H and O–H groups in total. The van der Waals surface area contributed by atoms with Gasteiger partial charge in [-0.2, -0.15) is 0 Å². The molecule has 7 heteroatoms. The predicted molar refractivity (Wildman–Crippen MR) is 113 cm³/mol. The number of carbonyl (C=O) groups excluding carboxylic acids is 3. The SMILES string of the molecule is CC(C)(C)OC(=O)[C@@H]1C(=O)C[C@@](C)(O)[C@@H](C(=O)OC(C)(C)C)[C@@H]1c1ccc(Cl)cc1. The first-order valence-corrected chi connectivity index (χ1v) is 10.4. The summed E-state index contributed by atoms with van der Waals surface area (Å²) in [4.78, 5) is 39.2. The monoisotopic (exact) mass is 438 g/mol. The molecule has 0 heterocycles. The molecule has 1 aliphatic rings. The number of hydrogen-bond acceptors (Lipinski definition) is 6. The molecule has 0 saturated heterocycles. The van der Waals surface area contributed by atoms with Crippen LogP contribution in [0.5, 0.6) is 0 Å². The van der Waals surface area contributed by atoms with Gasteiger partial charge in [-0.15, -0.1) is 0 Å². The number of carbonyl (C=O) groups is 3. The van der Waals surface area contributed by atoms with E-state index in [4.69, 9.17) is 21.1 Å². The molecule has 1 saturated carbocycles. The van der Waals surface area contributed by atoms with Crippen LogP contribution >= 0.6 is 11.6 Å². The maximum atomic E-state index is 13.2. The van der Waals surface area contributed by atoms with E-state index in [1.165, 1.54) is 6.92 Å². The van der Waals surface area contributed by atoms with E-state index in [0.29, 0.717) is 10.6 Å². The van der Waals surface area contributed by atoms with Crippen molar-refractivity contribution in [2.45, 2.75) is 77.6 Å². The van der Waals surface area contributed by atoms with Gasteiger partial charge in [0.05, 0.1) is 11.5 Å². The van der Waals surface area contributed by atoms with Crippen molar-refractivity contribution in [3.8, 4) is 0 Å². The number of ether oxygens (including phenoxy) is 2. The molecule has 0 unspecified atom stereocenters. The molecule has 0 amide bonds. The van der Waals surface area contributed by atoms with Gasteiger partial charge in [-0.25, -0.2) is 0 Å². The quantitative estimate of drug-likeness (QED) is 0.565. The minimum Gasteiger partial charge on any atom is -0.460 e. The number of halogens is 1. The van der Waals surface area contributed by atoms with Crippen LogP contribution in [-0.4, -0.2) is 39.6 Å². The molecular formula is C23H31ClO6. The lowest BCUT2D eigenvalue weighted by Crippen LogP contribution is -2.56. The van der Waals surface area contributed by atoms with Crippen molar-refractivity contribution in [3.05, 3.63) is 34.9 Å². The van der Waals surface area contributed by atoms with Gasteiger partial charge in [0.25, 0.3) is 0 Å². The average Bonchev–Trinajstić information content (AvgIpc) is 2.50. The highest BCUT2D eigenvalue weighted by Crippen LogP contribution is 2.47. The summed E-state index contributed by atoms with van der Waals surface area (Å²) in [5.74, 6) is -5.22. The zero-order valence-electron chi connectivity index (χ0n) is 18.6. The average molecular weight is 439 g/mol. The fraction of sp³-hybridized carbons (Fsp3) is 0.609. The number of ketones is 1. The van der Waals surface area contributed by atoms with E-state index in [2.05, 4.69) is 0 Å². The van der Waals surface area contributed by atoms with Crippen LogP contribution in [0.4, 0.5) is 0 Å². The second-order valence-corrected chi connectivity index (χ2v) is 10.5. The molecule has 0 bridgehead atoms. The summed E-state index contributed by atoms with van der Waals surface area (Å²) < 4.78 is 11.1. The highest BCUT2D eigenvalue weighted by Gasteiger charge is 2.57. The molecule has 0 aromatic heterocycles. The number of rotatable bonds is 3. The van der Waals surface area contributed by atoms with Crippen molar-refractivity contribution in [1.29, 1.82) is 0 Å². The fourth-order valence-corrected chi connectivity index (χ4v) is 3.96. The highest BCUT2D eigenvalue weighted by atomic mass is 35.5. The van der Waals surface area contributed by atoms with Crippen LogP contribution in [0.25, 0.3) is 0 Å². The van der Waals surface area contributed by atoms with E-state index in [0.717, 1.165) is 0 Å². The highest BCUT2D eigenvalue weighted by molar-refractivity contribution is 6.30. The molecule has 30 heavy (non-hydrogen) atoms. The Kier molecular flexibility index (Phi) is 6.74. The smallest absolute Gasteiger partial charge is 0.317 e. The molecule has 6 nitrogen and oxygen atoms in total. The third-order valence-electron chi connectivity index (χ3n) is 4.84. The molecule has 0 radical (unpaired) electrons. The Bertz CT molecular complexity index is 814. The zero-order chi connectivity index (χ0) is 23.1. The lowest BCUT2D eigenvalue weighted by Gasteiger charge is -2.44. The summed E-state index contributed by atoms with van der Waals surface area (Å²) in [6.45, 7) is 11.7. The van der Waals surface area contributed by atoms with E-state index in [1.54, 1.807) is 65.8 Å². The number of esters is 2. The van der Waals surface area contributed by atoms with Crippen LogP contribution in [0.3, 0.4) is 0 Å². The first kappa shape index (κ1) is 24.4. The Balaban J connectivity index is 2.62. The predicted octanol–water partition coefficient (Wildman–Crippen LogP) is 4.06. The Hall–Kier alpha value is -1.92. The number of benzene rings is 1. The van der Waals surface area contributed by atoms with Crippen LogP contribution in [0.2, 0.25) is 5.02 Å². The van der Waals surface area contributed by atoms with Crippen LogP contribution < -0.4 is 0 Å². The van der Waals surface area contributed by atoms with Crippen LogP contribution in [0.1, 0.15) is 66.4 Å². The van der Waals surface area contributed by atoms with Gasteiger partial charge in [0.1, 0.15) is 17.1 Å². The molecule has 0 aliphatic heterocycles. The first-order valence-electron chi connectivity index (χ1n) is 9.98. The Morgan fingerprint density at radius 2 is 1.47 bits per heavy atom. The summed E-state index contributed by atoms with van der Waals surface area (Å²) in [7, 11) is 0. The maximum absolute atomic E-state index is 13.2. The van der Waals surface area contributed by atoms with E-state index in [9.17, 15) is 19.5 Å². The normalized spacial score (nSPS) is 27.5. The molecule has 1 aromatic rings. The first-order chi connectivity index (χ1) is 13.5. The third kappa shape index (κ3) is 5.82. The summed E-state index contributed by atoms with van der Waals surface area (Å²) in [6.07, 6.45) is -0.356. The van der Waals surface area contributed by atoms with Gasteiger partial charge in [0.15, 0.2) is 5.78 Å². The molecular weight excluding hydrogens is 408 g/mol. The minimum absolute atomic E-state index is 0.356. The number of hydrogen-bond donors (Lipinski definition) is 1. The van der Waals surface area contributed by atoms with Crippen LogP contribution in [-0.2, 0) is 23.9 Å². The van der Waals surface area contributed by atoms with Gasteiger partial charge in [-0.05, 0) is 66.2 Å². The van der Waals surface area contributed by atoms with Crippen LogP contribution in [0, 0.1) is 11.8 Å². The van der Waals surface area contributed by atoms with Gasteiger partial charge in [0.2, 0.25) is 0 Å². The van der Waals surface area contributed by atoms with Gasteiger partial charge in [-0.3, -0.25) is 14.4 Å². The third-order valence-corrected chi connectivity index (χ3v) is 5.10. The van der Waals surface area contributed by atoms with Crippen LogP contribution in [0.15, 0.2) is 24.3 Å². The molecule has 1 fully saturated rings. The second-order valence-electron chi connectivity index (χ2n) is 10.1. The minimum atomic E-state index is -1.69. The van der Waals surface area contributed by atoms with Crippen molar-refractivity contribution in [1.82, 2.24) is 0 Å². The Morgan fingerprint density at radius 3 is 1.93 bits per heavy atom. The molecule has 0 spiro atoms. The Labute approximate surface area is 182 Å². The topological polar surface area (TPSA) is 89.9 Å². The van der Waals surface area contributed by atoms with Crippen molar-refractivity contribution < 1.29 is 29.0 Å². The number of Topliss-reactive ketones (excluding diaryl/α,β-unsaturated/α-hetero) is 1. The van der Waals surface area contributed by atoms with Gasteiger partial charge < -0.3 is 14.6 Å². The van der Waals surface area contributed by atoms with E-state index >= 15 is 0 Å². The van der Waals surface area contributed by atoms with Gasteiger partial charge >= 0.3 is 11.9 Å². The lowest BCUT2D eigenvalue weighted by atomic mass is 9.61.